The van der Waals surface area contributed by atoms with Gasteiger partial charge in [0, 0.05) is 41.5 Å². The zero-order valence-electron chi connectivity index (χ0n) is 14.0. The molecule has 0 bridgehead atoms. The Bertz CT molecular complexity index is 649. The fraction of sp³-hybridized carbons (Fsp3) is 0.353. The highest BCUT2D eigenvalue weighted by molar-refractivity contribution is 14.0. The van der Waals surface area contributed by atoms with Crippen molar-refractivity contribution >= 4 is 52.9 Å². The summed E-state index contributed by atoms with van der Waals surface area (Å²) in [7, 11) is 3.41. The van der Waals surface area contributed by atoms with Gasteiger partial charge in [0.05, 0.1) is 7.11 Å². The number of halogens is 2. The average molecular weight is 480 g/mol. The third-order valence-corrected chi connectivity index (χ3v) is 4.86. The minimum Gasteiger partial charge on any atom is -0.496 e. The molecular weight excluding hydrogens is 457 g/mol. The summed E-state index contributed by atoms with van der Waals surface area (Å²) in [6.07, 6.45) is 0. The van der Waals surface area contributed by atoms with Crippen LogP contribution in [0.25, 0.3) is 0 Å². The molecule has 132 valence electrons. The number of thiophene rings is 1. The monoisotopic (exact) mass is 479 g/mol. The van der Waals surface area contributed by atoms with Gasteiger partial charge < -0.3 is 15.4 Å². The molecule has 7 heteroatoms. The predicted molar refractivity (Wildman–Crippen MR) is 114 cm³/mol. The molecule has 0 saturated heterocycles. The van der Waals surface area contributed by atoms with E-state index in [1.165, 1.54) is 4.88 Å². The molecule has 4 nitrogen and oxygen atoms in total. The third kappa shape index (κ3) is 6.14. The number of aliphatic imine (C=N–C) groups is 1. The van der Waals surface area contributed by atoms with Crippen molar-refractivity contribution in [2.75, 3.05) is 20.7 Å². The molecule has 0 aliphatic carbocycles. The molecular formula is C17H23ClIN3OS. The lowest BCUT2D eigenvalue weighted by molar-refractivity contribution is 0.409. The highest BCUT2D eigenvalue weighted by Crippen LogP contribution is 2.23. The Morgan fingerprint density at radius 1 is 1.33 bits per heavy atom. The number of benzene rings is 1. The quantitative estimate of drug-likeness (QED) is 0.364. The van der Waals surface area contributed by atoms with Crippen LogP contribution in [-0.2, 0) is 6.54 Å². The van der Waals surface area contributed by atoms with Gasteiger partial charge in [-0.1, -0.05) is 30.7 Å². The lowest BCUT2D eigenvalue weighted by atomic mass is 10.1. The fourth-order valence-corrected chi connectivity index (χ4v) is 3.14. The molecule has 1 unspecified atom stereocenters. The van der Waals surface area contributed by atoms with Crippen molar-refractivity contribution in [1.82, 2.24) is 10.6 Å². The highest BCUT2D eigenvalue weighted by Gasteiger charge is 2.08. The standard InChI is InChI=1S/C17H22ClN3OS.HI/c1-12(16-5-4-8-23-16)10-20-17(19-2)21-11-13-6-7-14(18)9-15(13)22-3;/h4-9,12H,10-11H2,1-3H3,(H2,19,20,21);1H. The normalized spacial score (nSPS) is 12.2. The van der Waals surface area contributed by atoms with Crippen molar-refractivity contribution in [1.29, 1.82) is 0 Å². The second kappa shape index (κ2) is 10.8. The number of hydrogen-bond acceptors (Lipinski definition) is 3. The summed E-state index contributed by atoms with van der Waals surface area (Å²) in [6, 6.07) is 9.86. The lowest BCUT2D eigenvalue weighted by Gasteiger charge is -2.16. The van der Waals surface area contributed by atoms with Gasteiger partial charge in [0.25, 0.3) is 0 Å². The molecule has 1 aromatic heterocycles. The summed E-state index contributed by atoms with van der Waals surface area (Å²) in [5.74, 6) is 1.98. The summed E-state index contributed by atoms with van der Waals surface area (Å²) >= 11 is 7.76. The van der Waals surface area contributed by atoms with Crippen molar-refractivity contribution in [2.24, 2.45) is 4.99 Å². The van der Waals surface area contributed by atoms with E-state index < -0.39 is 0 Å². The van der Waals surface area contributed by atoms with Crippen LogP contribution in [0.2, 0.25) is 5.02 Å². The van der Waals surface area contributed by atoms with E-state index in [0.717, 1.165) is 23.8 Å². The van der Waals surface area contributed by atoms with Crippen LogP contribution < -0.4 is 15.4 Å². The zero-order chi connectivity index (χ0) is 16.7. The van der Waals surface area contributed by atoms with Crippen molar-refractivity contribution in [3.8, 4) is 5.75 Å². The van der Waals surface area contributed by atoms with Crippen molar-refractivity contribution in [2.45, 2.75) is 19.4 Å². The summed E-state index contributed by atoms with van der Waals surface area (Å²) in [5.41, 5.74) is 1.03. The van der Waals surface area contributed by atoms with Gasteiger partial charge >= 0.3 is 0 Å². The summed E-state index contributed by atoms with van der Waals surface area (Å²) in [4.78, 5) is 5.63. The molecule has 0 aliphatic heterocycles. The minimum atomic E-state index is 0. The molecule has 0 aliphatic rings. The molecule has 24 heavy (non-hydrogen) atoms. The Balaban J connectivity index is 0.00000288. The summed E-state index contributed by atoms with van der Waals surface area (Å²) in [6.45, 7) is 3.65. The molecule has 2 rings (SSSR count). The molecule has 1 aromatic carbocycles. The first-order chi connectivity index (χ1) is 11.1. The molecule has 1 heterocycles. The minimum absolute atomic E-state index is 0. The van der Waals surface area contributed by atoms with Crippen LogP contribution in [0.5, 0.6) is 5.75 Å². The second-order valence-electron chi connectivity index (χ2n) is 5.18. The highest BCUT2D eigenvalue weighted by atomic mass is 127. The molecule has 0 radical (unpaired) electrons. The number of hydrogen-bond donors (Lipinski definition) is 2. The largest absolute Gasteiger partial charge is 0.496 e. The third-order valence-electron chi connectivity index (χ3n) is 3.52. The number of guanidine groups is 1. The first-order valence-electron chi connectivity index (χ1n) is 7.44. The average Bonchev–Trinajstić information content (AvgIpc) is 3.10. The van der Waals surface area contributed by atoms with Crippen molar-refractivity contribution in [3.05, 3.63) is 51.2 Å². The van der Waals surface area contributed by atoms with E-state index in [0.29, 0.717) is 17.5 Å². The van der Waals surface area contributed by atoms with E-state index >= 15 is 0 Å². The van der Waals surface area contributed by atoms with Crippen molar-refractivity contribution in [3.63, 3.8) is 0 Å². The smallest absolute Gasteiger partial charge is 0.191 e. The molecule has 0 amide bonds. The van der Waals surface area contributed by atoms with Crippen LogP contribution in [0.1, 0.15) is 23.3 Å². The summed E-state index contributed by atoms with van der Waals surface area (Å²) in [5, 5.41) is 9.42. The van der Waals surface area contributed by atoms with E-state index in [4.69, 9.17) is 16.3 Å². The SMILES string of the molecule is CN=C(NCc1ccc(Cl)cc1OC)NCC(C)c1cccs1.I. The van der Waals surface area contributed by atoms with Gasteiger partial charge in [-0.05, 0) is 23.6 Å². The summed E-state index contributed by atoms with van der Waals surface area (Å²) < 4.78 is 5.36. The maximum Gasteiger partial charge on any atom is 0.191 e. The van der Waals surface area contributed by atoms with Gasteiger partial charge in [-0.3, -0.25) is 4.99 Å². The van der Waals surface area contributed by atoms with E-state index in [1.54, 1.807) is 25.5 Å². The van der Waals surface area contributed by atoms with Crippen LogP contribution in [0.4, 0.5) is 0 Å². The molecule has 2 N–H and O–H groups in total. The molecule has 0 fully saturated rings. The van der Waals surface area contributed by atoms with Gasteiger partial charge in [0.1, 0.15) is 5.75 Å². The molecule has 1 atom stereocenters. The first kappa shape index (κ1) is 21.1. The molecule has 0 saturated carbocycles. The maximum atomic E-state index is 5.98. The Hall–Kier alpha value is -0.990. The Kier molecular flexibility index (Phi) is 9.46. The van der Waals surface area contributed by atoms with Gasteiger partial charge in [-0.2, -0.15) is 0 Å². The van der Waals surface area contributed by atoms with Gasteiger partial charge in [0.2, 0.25) is 0 Å². The Morgan fingerprint density at radius 2 is 2.12 bits per heavy atom. The van der Waals surface area contributed by atoms with E-state index in [2.05, 4.69) is 40.1 Å². The van der Waals surface area contributed by atoms with Gasteiger partial charge in [-0.15, -0.1) is 35.3 Å². The Labute approximate surface area is 169 Å². The zero-order valence-corrected chi connectivity index (χ0v) is 17.9. The number of nitrogens with zero attached hydrogens (tertiary/aromatic N) is 1. The van der Waals surface area contributed by atoms with Crippen LogP contribution in [-0.4, -0.2) is 26.7 Å². The predicted octanol–water partition coefficient (Wildman–Crippen LogP) is 4.50. The van der Waals surface area contributed by atoms with Crippen LogP contribution >= 0.6 is 46.9 Å². The van der Waals surface area contributed by atoms with E-state index in [-0.39, 0.29) is 24.0 Å². The van der Waals surface area contributed by atoms with Crippen LogP contribution in [0.15, 0.2) is 40.7 Å². The lowest BCUT2D eigenvalue weighted by Crippen LogP contribution is -2.38. The number of rotatable bonds is 6. The first-order valence-corrected chi connectivity index (χ1v) is 8.70. The van der Waals surface area contributed by atoms with E-state index in [9.17, 15) is 0 Å². The topological polar surface area (TPSA) is 45.7 Å². The fourth-order valence-electron chi connectivity index (χ4n) is 2.19. The van der Waals surface area contributed by atoms with Crippen molar-refractivity contribution < 1.29 is 4.74 Å². The molecule has 2 aromatic rings. The number of ether oxygens (including phenoxy) is 1. The number of methoxy groups -OCH3 is 1. The van der Waals surface area contributed by atoms with Gasteiger partial charge in [-0.25, -0.2) is 0 Å². The van der Waals surface area contributed by atoms with Crippen LogP contribution in [0, 0.1) is 0 Å². The second-order valence-corrected chi connectivity index (χ2v) is 6.60. The van der Waals surface area contributed by atoms with E-state index in [1.807, 2.05) is 18.2 Å². The van der Waals surface area contributed by atoms with Crippen LogP contribution in [0.3, 0.4) is 0 Å². The maximum absolute atomic E-state index is 5.98. The molecule has 0 spiro atoms. The Morgan fingerprint density at radius 3 is 2.75 bits per heavy atom. The van der Waals surface area contributed by atoms with Gasteiger partial charge in [0.15, 0.2) is 5.96 Å². The number of nitrogens with one attached hydrogen (secondary N) is 2.